The summed E-state index contributed by atoms with van der Waals surface area (Å²) in [5.74, 6) is 0.990. The third-order valence-corrected chi connectivity index (χ3v) is 13.2. The molecule has 0 unspecified atom stereocenters. The Kier molecular flexibility index (Phi) is 8.04. The zero-order valence-electron chi connectivity index (χ0n) is 26.3. The molecule has 232 valence electrons. The van der Waals surface area contributed by atoms with Gasteiger partial charge in [-0.2, -0.15) is 0 Å². The monoisotopic (exact) mass is 573 g/mol. The highest BCUT2D eigenvalue weighted by Crippen LogP contribution is 2.68. The van der Waals surface area contributed by atoms with E-state index in [2.05, 4.69) is 35.6 Å². The highest BCUT2D eigenvalue weighted by Gasteiger charge is 2.70. The zero-order valence-corrected chi connectivity index (χ0v) is 26.3. The van der Waals surface area contributed by atoms with E-state index in [0.29, 0.717) is 30.2 Å². The molecule has 2 saturated heterocycles. The number of rotatable bonds is 4. The molecule has 8 heteroatoms. The third kappa shape index (κ3) is 4.97. The normalized spacial score (nSPS) is 47.6. The van der Waals surface area contributed by atoms with Crippen LogP contribution in [0.3, 0.4) is 0 Å². The Bertz CT molecular complexity index is 995. The first-order valence-electron chi connectivity index (χ1n) is 16.7. The van der Waals surface area contributed by atoms with Crippen LogP contribution in [0.15, 0.2) is 0 Å². The number of esters is 2. The van der Waals surface area contributed by atoms with Crippen molar-refractivity contribution < 1.29 is 24.2 Å². The number of hydrogen-bond donors (Lipinski definition) is 1. The number of fused-ring (bicyclic) bond motifs is 5. The van der Waals surface area contributed by atoms with Crippen molar-refractivity contribution >= 4 is 11.9 Å². The van der Waals surface area contributed by atoms with Crippen LogP contribution in [-0.2, 0) is 19.1 Å². The standard InChI is InChI=1S/C33H55N3O5/c1-22(37)40-24-9-12-32(4)26-10-11-31(3)27(20-28(30(31)41-23(2)38)35-13-7-6-8-14-35)25(26)19-29(33(32,39)21-24)36-17-15-34(5)16-18-36/h24-30,39H,6-21H2,1-5H3/t24-,25+,26-,27-,28-,29+,30-,31-,32+,33-/m0/s1. The maximum Gasteiger partial charge on any atom is 0.302 e. The van der Waals surface area contributed by atoms with E-state index in [1.54, 1.807) is 6.92 Å². The highest BCUT2D eigenvalue weighted by molar-refractivity contribution is 5.66. The van der Waals surface area contributed by atoms with E-state index in [0.717, 1.165) is 77.8 Å². The van der Waals surface area contributed by atoms with Gasteiger partial charge in [0.15, 0.2) is 0 Å². The molecule has 2 heterocycles. The van der Waals surface area contributed by atoms with Gasteiger partial charge in [-0.3, -0.25) is 19.4 Å². The van der Waals surface area contributed by atoms with Crippen LogP contribution < -0.4 is 0 Å². The Morgan fingerprint density at radius 1 is 0.805 bits per heavy atom. The van der Waals surface area contributed by atoms with Gasteiger partial charge in [-0.05, 0) is 89.3 Å². The lowest BCUT2D eigenvalue weighted by Gasteiger charge is -2.67. The molecule has 0 amide bonds. The van der Waals surface area contributed by atoms with Gasteiger partial charge in [0.05, 0.1) is 5.60 Å². The van der Waals surface area contributed by atoms with Crippen LogP contribution in [0.5, 0.6) is 0 Å². The molecule has 41 heavy (non-hydrogen) atoms. The molecule has 0 aromatic carbocycles. The predicted octanol–water partition coefficient (Wildman–Crippen LogP) is 3.70. The number of ether oxygens (including phenoxy) is 2. The summed E-state index contributed by atoms with van der Waals surface area (Å²) in [6, 6.07) is 0.340. The summed E-state index contributed by atoms with van der Waals surface area (Å²) in [4.78, 5) is 32.1. The van der Waals surface area contributed by atoms with Gasteiger partial charge >= 0.3 is 11.9 Å². The van der Waals surface area contributed by atoms with Crippen LogP contribution in [-0.4, -0.2) is 108 Å². The van der Waals surface area contributed by atoms with E-state index in [1.807, 2.05) is 0 Å². The molecular weight excluding hydrogens is 518 g/mol. The van der Waals surface area contributed by atoms with Crippen molar-refractivity contribution in [2.45, 2.75) is 122 Å². The van der Waals surface area contributed by atoms with Crippen LogP contribution in [0, 0.1) is 28.6 Å². The molecule has 0 spiro atoms. The molecule has 0 aromatic rings. The summed E-state index contributed by atoms with van der Waals surface area (Å²) in [5.41, 5.74) is -1.17. The molecule has 0 bridgehead atoms. The van der Waals surface area contributed by atoms with Gasteiger partial charge in [0.25, 0.3) is 0 Å². The molecule has 6 aliphatic rings. The lowest BCUT2D eigenvalue weighted by molar-refractivity contribution is -0.255. The van der Waals surface area contributed by atoms with Gasteiger partial charge in [0, 0.05) is 69.4 Å². The summed E-state index contributed by atoms with van der Waals surface area (Å²) in [5, 5.41) is 13.0. The van der Waals surface area contributed by atoms with Crippen LogP contribution >= 0.6 is 0 Å². The summed E-state index contributed by atoms with van der Waals surface area (Å²) >= 11 is 0. The third-order valence-electron chi connectivity index (χ3n) is 13.2. The average Bonchev–Trinajstić information content (AvgIpc) is 3.21. The van der Waals surface area contributed by atoms with Crippen molar-refractivity contribution in [2.75, 3.05) is 46.3 Å². The van der Waals surface area contributed by atoms with Crippen LogP contribution in [0.25, 0.3) is 0 Å². The first kappa shape index (κ1) is 29.8. The quantitative estimate of drug-likeness (QED) is 0.510. The van der Waals surface area contributed by atoms with E-state index in [4.69, 9.17) is 9.47 Å². The molecule has 2 aliphatic heterocycles. The Balaban J connectivity index is 1.36. The number of likely N-dealkylation sites (tertiary alicyclic amines) is 1. The van der Waals surface area contributed by atoms with Crippen LogP contribution in [0.4, 0.5) is 0 Å². The van der Waals surface area contributed by atoms with Crippen molar-refractivity contribution in [3.8, 4) is 0 Å². The molecular formula is C33H55N3O5. The average molecular weight is 574 g/mol. The second-order valence-electron chi connectivity index (χ2n) is 15.3. The first-order chi connectivity index (χ1) is 19.5. The van der Waals surface area contributed by atoms with Gasteiger partial charge < -0.3 is 19.5 Å². The number of carbonyl (C=O) groups excluding carboxylic acids is 2. The Labute approximate surface area is 247 Å². The molecule has 0 radical (unpaired) electrons. The largest absolute Gasteiger partial charge is 0.462 e. The molecule has 10 atom stereocenters. The number of hydrogen-bond acceptors (Lipinski definition) is 8. The van der Waals surface area contributed by atoms with Crippen LogP contribution in [0.2, 0.25) is 0 Å². The Hall–Kier alpha value is -1.22. The number of piperazine rings is 1. The minimum Gasteiger partial charge on any atom is -0.462 e. The van der Waals surface area contributed by atoms with Crippen LogP contribution in [0.1, 0.15) is 91.9 Å². The topological polar surface area (TPSA) is 82.5 Å². The van der Waals surface area contributed by atoms with Gasteiger partial charge in [0.2, 0.25) is 0 Å². The summed E-state index contributed by atoms with van der Waals surface area (Å²) < 4.78 is 12.1. The summed E-state index contributed by atoms with van der Waals surface area (Å²) in [7, 11) is 2.19. The first-order valence-corrected chi connectivity index (χ1v) is 16.7. The second-order valence-corrected chi connectivity index (χ2v) is 15.3. The van der Waals surface area contributed by atoms with Gasteiger partial charge in [0.1, 0.15) is 12.2 Å². The lowest BCUT2D eigenvalue weighted by atomic mass is 9.42. The zero-order chi connectivity index (χ0) is 29.2. The van der Waals surface area contributed by atoms with E-state index in [9.17, 15) is 14.7 Å². The molecule has 1 N–H and O–H groups in total. The molecule has 4 saturated carbocycles. The maximum absolute atomic E-state index is 13.0. The number of nitrogens with zero attached hydrogens (tertiary/aromatic N) is 3. The van der Waals surface area contributed by atoms with Crippen molar-refractivity contribution in [2.24, 2.45) is 28.6 Å². The minimum atomic E-state index is -0.893. The predicted molar refractivity (Wildman–Crippen MR) is 157 cm³/mol. The van der Waals surface area contributed by atoms with E-state index >= 15 is 0 Å². The van der Waals surface area contributed by atoms with Crippen molar-refractivity contribution in [3.05, 3.63) is 0 Å². The van der Waals surface area contributed by atoms with E-state index < -0.39 is 5.60 Å². The molecule has 8 nitrogen and oxygen atoms in total. The minimum absolute atomic E-state index is 0.0393. The fraction of sp³-hybridized carbons (Fsp3) is 0.939. The summed E-state index contributed by atoms with van der Waals surface area (Å²) in [6.07, 6.45) is 9.92. The number of aliphatic hydroxyl groups is 1. The van der Waals surface area contributed by atoms with E-state index in [1.165, 1.54) is 26.2 Å². The molecule has 6 fully saturated rings. The summed E-state index contributed by atoms with van der Waals surface area (Å²) in [6.45, 7) is 14.0. The Morgan fingerprint density at radius 2 is 1.49 bits per heavy atom. The maximum atomic E-state index is 13.0. The van der Waals surface area contributed by atoms with Gasteiger partial charge in [-0.15, -0.1) is 0 Å². The fourth-order valence-corrected chi connectivity index (χ4v) is 11.1. The van der Waals surface area contributed by atoms with Gasteiger partial charge in [-0.25, -0.2) is 0 Å². The van der Waals surface area contributed by atoms with Crippen molar-refractivity contribution in [1.82, 2.24) is 14.7 Å². The SMILES string of the molecule is CC(=O)O[C@H]1CC[C@]2(C)[C@H]3CC[C@@]4(C)[C@@H](C[C@H](N5CCCCC5)[C@@H]4OC(C)=O)[C@@H]3C[C@@H](N3CCN(C)CC3)[C@@]2(O)C1. The number of carbonyl (C=O) groups is 2. The lowest BCUT2D eigenvalue weighted by Crippen LogP contribution is -2.73. The number of piperidine rings is 1. The molecule has 4 aliphatic carbocycles. The molecule has 0 aromatic heterocycles. The van der Waals surface area contributed by atoms with Crippen molar-refractivity contribution in [1.29, 1.82) is 0 Å². The highest BCUT2D eigenvalue weighted by atomic mass is 16.5. The number of likely N-dealkylation sites (N-methyl/N-ethyl adjacent to an activating group) is 1. The smallest absolute Gasteiger partial charge is 0.302 e. The molecule has 6 rings (SSSR count). The van der Waals surface area contributed by atoms with Crippen molar-refractivity contribution in [3.63, 3.8) is 0 Å². The van der Waals surface area contributed by atoms with E-state index in [-0.39, 0.29) is 41.0 Å². The van der Waals surface area contributed by atoms with Gasteiger partial charge in [-0.1, -0.05) is 20.3 Å². The Morgan fingerprint density at radius 3 is 2.15 bits per heavy atom. The fourth-order valence-electron chi connectivity index (χ4n) is 11.1. The second kappa shape index (κ2) is 11.0.